The number of Topliss-reactive ketones (excluding diaryl/α,β-unsaturated/α-hetero) is 1. The fraction of sp³-hybridized carbons (Fsp3) is 0.435. The second-order valence-electron chi connectivity index (χ2n) is 7.21. The minimum Gasteiger partial charge on any atom is -0.486 e. The van der Waals surface area contributed by atoms with E-state index in [1.54, 1.807) is 17.1 Å². The lowest BCUT2D eigenvalue weighted by Crippen LogP contribution is -2.17. The summed E-state index contributed by atoms with van der Waals surface area (Å²) in [5, 5.41) is 0. The van der Waals surface area contributed by atoms with Gasteiger partial charge in [-0.25, -0.2) is 9.97 Å². The molecule has 3 aromatic rings. The van der Waals surface area contributed by atoms with Crippen molar-refractivity contribution in [1.82, 2.24) is 14.5 Å². The number of aryl methyl sites for hydroxylation is 1. The quantitative estimate of drug-likeness (QED) is 0.416. The summed E-state index contributed by atoms with van der Waals surface area (Å²) in [6.07, 6.45) is 12.3. The van der Waals surface area contributed by atoms with E-state index in [-0.39, 0.29) is 18.9 Å². The molecule has 0 spiro atoms. The molecule has 3 rings (SSSR count). The number of hydrogen-bond acceptors (Lipinski definition) is 4. The number of unbranched alkanes of at least 4 members (excludes halogenated alkanes) is 5. The Morgan fingerprint density at radius 2 is 1.79 bits per heavy atom. The van der Waals surface area contributed by atoms with Crippen molar-refractivity contribution in [3.63, 3.8) is 0 Å². The Morgan fingerprint density at radius 3 is 2.61 bits per heavy atom. The number of nitrogens with zero attached hydrogens (tertiary/aromatic N) is 3. The van der Waals surface area contributed by atoms with Crippen molar-refractivity contribution in [2.45, 2.75) is 58.4 Å². The number of imidazole rings is 1. The van der Waals surface area contributed by atoms with Crippen LogP contribution in [0.3, 0.4) is 0 Å². The molecule has 0 unspecified atom stereocenters. The van der Waals surface area contributed by atoms with Crippen LogP contribution in [0.4, 0.5) is 0 Å². The van der Waals surface area contributed by atoms with Crippen molar-refractivity contribution in [3.05, 3.63) is 54.5 Å². The zero-order valence-electron chi connectivity index (χ0n) is 16.6. The molecule has 0 aliphatic carbocycles. The summed E-state index contributed by atoms with van der Waals surface area (Å²) in [7, 11) is 0. The van der Waals surface area contributed by atoms with Gasteiger partial charge in [0.25, 0.3) is 0 Å². The van der Waals surface area contributed by atoms with Crippen LogP contribution in [0.15, 0.2) is 48.9 Å². The average molecular weight is 380 g/mol. The normalized spacial score (nSPS) is 11.0. The van der Waals surface area contributed by atoms with Crippen molar-refractivity contribution < 1.29 is 9.53 Å². The van der Waals surface area contributed by atoms with Gasteiger partial charge in [0.15, 0.2) is 11.4 Å². The van der Waals surface area contributed by atoms with Gasteiger partial charge in [0, 0.05) is 6.20 Å². The third-order valence-electron chi connectivity index (χ3n) is 4.86. The smallest absolute Gasteiger partial charge is 0.189 e. The Hall–Kier alpha value is -2.69. The van der Waals surface area contributed by atoms with Gasteiger partial charge in [0.2, 0.25) is 0 Å². The van der Waals surface area contributed by atoms with E-state index in [0.717, 1.165) is 23.3 Å². The van der Waals surface area contributed by atoms with E-state index >= 15 is 0 Å². The van der Waals surface area contributed by atoms with Gasteiger partial charge in [-0.15, -0.1) is 0 Å². The highest BCUT2D eigenvalue weighted by atomic mass is 16.5. The second-order valence-corrected chi connectivity index (χ2v) is 7.21. The highest BCUT2D eigenvalue weighted by Crippen LogP contribution is 2.15. The summed E-state index contributed by atoms with van der Waals surface area (Å²) >= 11 is 0. The second kappa shape index (κ2) is 10.6. The van der Waals surface area contributed by atoms with Gasteiger partial charge in [-0.05, 0) is 42.7 Å². The first-order valence-electron chi connectivity index (χ1n) is 10.3. The third kappa shape index (κ3) is 5.91. The maximum absolute atomic E-state index is 12.2. The maximum atomic E-state index is 12.2. The summed E-state index contributed by atoms with van der Waals surface area (Å²) in [5.74, 6) is 0.717. The van der Waals surface area contributed by atoms with Crippen LogP contribution in [0.2, 0.25) is 0 Å². The van der Waals surface area contributed by atoms with Crippen LogP contribution in [0, 0.1) is 0 Å². The van der Waals surface area contributed by atoms with Crippen molar-refractivity contribution >= 4 is 16.9 Å². The SMILES string of the molecule is CCCCCCCCc1ccc(OCC(=O)Cn2cnc3cccnc32)cc1. The number of ketones is 1. The van der Waals surface area contributed by atoms with Gasteiger partial charge in [0.05, 0.1) is 12.9 Å². The Morgan fingerprint density at radius 1 is 1.00 bits per heavy atom. The number of benzene rings is 1. The van der Waals surface area contributed by atoms with Crippen molar-refractivity contribution in [2.75, 3.05) is 6.61 Å². The van der Waals surface area contributed by atoms with Crippen LogP contribution in [0.1, 0.15) is 51.0 Å². The molecule has 0 fully saturated rings. The van der Waals surface area contributed by atoms with E-state index in [2.05, 4.69) is 29.0 Å². The van der Waals surface area contributed by atoms with Crippen LogP contribution in [-0.2, 0) is 17.8 Å². The van der Waals surface area contributed by atoms with Gasteiger partial charge < -0.3 is 9.30 Å². The minimum atomic E-state index is -0.0129. The van der Waals surface area contributed by atoms with Crippen LogP contribution >= 0.6 is 0 Å². The van der Waals surface area contributed by atoms with E-state index in [4.69, 9.17) is 4.74 Å². The predicted octanol–water partition coefficient (Wildman–Crippen LogP) is 4.98. The highest BCUT2D eigenvalue weighted by Gasteiger charge is 2.09. The molecule has 0 bridgehead atoms. The number of pyridine rings is 1. The zero-order chi connectivity index (χ0) is 19.6. The largest absolute Gasteiger partial charge is 0.486 e. The lowest BCUT2D eigenvalue weighted by Gasteiger charge is -2.08. The van der Waals surface area contributed by atoms with E-state index in [1.807, 2.05) is 24.3 Å². The van der Waals surface area contributed by atoms with Crippen molar-refractivity contribution in [2.24, 2.45) is 0 Å². The summed E-state index contributed by atoms with van der Waals surface area (Å²) in [4.78, 5) is 20.8. The van der Waals surface area contributed by atoms with Crippen LogP contribution < -0.4 is 4.74 Å². The summed E-state index contributed by atoms with van der Waals surface area (Å²) in [6.45, 7) is 2.50. The molecule has 148 valence electrons. The summed E-state index contributed by atoms with van der Waals surface area (Å²) < 4.78 is 7.40. The van der Waals surface area contributed by atoms with Gasteiger partial charge >= 0.3 is 0 Å². The third-order valence-corrected chi connectivity index (χ3v) is 4.86. The molecule has 0 radical (unpaired) electrons. The van der Waals surface area contributed by atoms with E-state index in [9.17, 15) is 4.79 Å². The molecule has 28 heavy (non-hydrogen) atoms. The molecule has 0 saturated carbocycles. The maximum Gasteiger partial charge on any atom is 0.189 e. The van der Waals surface area contributed by atoms with Gasteiger partial charge in [-0.1, -0.05) is 51.2 Å². The molecule has 2 aromatic heterocycles. The molecule has 1 aromatic carbocycles. The monoisotopic (exact) mass is 379 g/mol. The molecule has 0 amide bonds. The van der Waals surface area contributed by atoms with Gasteiger partial charge in [0.1, 0.15) is 17.9 Å². The lowest BCUT2D eigenvalue weighted by atomic mass is 10.0. The fourth-order valence-electron chi connectivity index (χ4n) is 3.27. The molecular weight excluding hydrogens is 350 g/mol. The Labute approximate surface area is 166 Å². The first-order chi connectivity index (χ1) is 13.8. The van der Waals surface area contributed by atoms with E-state index < -0.39 is 0 Å². The molecule has 0 aliphatic rings. The number of hydrogen-bond donors (Lipinski definition) is 0. The Kier molecular flexibility index (Phi) is 7.59. The molecule has 0 atom stereocenters. The van der Waals surface area contributed by atoms with Crippen LogP contribution in [0.25, 0.3) is 11.2 Å². The Balaban J connectivity index is 1.40. The fourth-order valence-corrected chi connectivity index (χ4v) is 3.27. The first kappa shape index (κ1) is 20.1. The molecule has 0 N–H and O–H groups in total. The number of rotatable bonds is 12. The number of carbonyl (C=O) groups excluding carboxylic acids is 1. The number of aromatic nitrogens is 3. The molecule has 5 nitrogen and oxygen atoms in total. The summed E-state index contributed by atoms with van der Waals surface area (Å²) in [5.41, 5.74) is 2.83. The molecular formula is C23H29N3O2. The van der Waals surface area contributed by atoms with Crippen LogP contribution in [0.5, 0.6) is 5.75 Å². The molecule has 2 heterocycles. The molecule has 0 saturated heterocycles. The summed E-state index contributed by atoms with van der Waals surface area (Å²) in [6, 6.07) is 11.8. The lowest BCUT2D eigenvalue weighted by molar-refractivity contribution is -0.121. The standard InChI is InChI=1S/C23H29N3O2/c1-2-3-4-5-6-7-9-19-11-13-21(14-12-19)28-17-20(27)16-26-18-25-22-10-8-15-24-23(22)26/h8,10-15,18H,2-7,9,16-17H2,1H3. The molecule has 0 aliphatic heterocycles. The zero-order valence-corrected chi connectivity index (χ0v) is 16.6. The van der Waals surface area contributed by atoms with Crippen molar-refractivity contribution in [1.29, 1.82) is 0 Å². The molecule has 5 heteroatoms. The van der Waals surface area contributed by atoms with E-state index in [0.29, 0.717) is 0 Å². The van der Waals surface area contributed by atoms with Crippen LogP contribution in [-0.4, -0.2) is 26.9 Å². The van der Waals surface area contributed by atoms with Gasteiger partial charge in [-0.2, -0.15) is 0 Å². The van der Waals surface area contributed by atoms with E-state index in [1.165, 1.54) is 44.1 Å². The Bertz CT molecular complexity index is 871. The average Bonchev–Trinajstić information content (AvgIpc) is 3.13. The predicted molar refractivity (Wildman–Crippen MR) is 112 cm³/mol. The number of carbonyl (C=O) groups is 1. The first-order valence-corrected chi connectivity index (χ1v) is 10.3. The highest BCUT2D eigenvalue weighted by molar-refractivity contribution is 5.81. The number of fused-ring (bicyclic) bond motifs is 1. The van der Waals surface area contributed by atoms with Gasteiger partial charge in [-0.3, -0.25) is 4.79 Å². The minimum absolute atomic E-state index is 0.0129. The topological polar surface area (TPSA) is 57.0 Å². The van der Waals surface area contributed by atoms with Crippen molar-refractivity contribution in [3.8, 4) is 5.75 Å². The number of ether oxygens (including phenoxy) is 1.